The summed E-state index contributed by atoms with van der Waals surface area (Å²) in [5.41, 5.74) is 0.878. The Kier molecular flexibility index (Phi) is 8.80. The van der Waals surface area contributed by atoms with Crippen molar-refractivity contribution in [3.63, 3.8) is 0 Å². The zero-order valence-corrected chi connectivity index (χ0v) is 16.6. The summed E-state index contributed by atoms with van der Waals surface area (Å²) < 4.78 is 30.5. The Balaban J connectivity index is 2.72. The number of nitrogens with zero attached hydrogens (tertiary/aromatic N) is 1. The van der Waals surface area contributed by atoms with Gasteiger partial charge < -0.3 is 15.2 Å². The second-order valence-corrected chi connectivity index (χ2v) is 8.08. The molecule has 2 N–H and O–H groups in total. The lowest BCUT2D eigenvalue weighted by atomic mass is 10.0. The first kappa shape index (κ1) is 23.3. The molecule has 9 nitrogen and oxygen atoms in total. The quantitative estimate of drug-likeness (QED) is 0.412. The predicted molar refractivity (Wildman–Crippen MR) is 101 cm³/mol. The van der Waals surface area contributed by atoms with Crippen LogP contribution in [0.2, 0.25) is 0 Å². The SMILES string of the molecule is C=CCOC(=O)NCCC(C(=O)O)C(=O)CN(C)S(=O)(=O)c1ccc(C)cc1. The number of aliphatic carboxylic acids is 1. The second kappa shape index (κ2) is 10.6. The van der Waals surface area contributed by atoms with Crippen LogP contribution in [0.5, 0.6) is 0 Å². The van der Waals surface area contributed by atoms with E-state index < -0.39 is 40.3 Å². The van der Waals surface area contributed by atoms with Crippen LogP contribution < -0.4 is 5.32 Å². The van der Waals surface area contributed by atoms with E-state index >= 15 is 0 Å². The number of carbonyl (C=O) groups is 3. The summed E-state index contributed by atoms with van der Waals surface area (Å²) in [4.78, 5) is 35.0. The number of Topliss-reactive ketones (excluding diaryl/α,β-unsaturated/α-hetero) is 1. The van der Waals surface area contributed by atoms with E-state index in [4.69, 9.17) is 0 Å². The van der Waals surface area contributed by atoms with Gasteiger partial charge >= 0.3 is 12.1 Å². The normalized spacial score (nSPS) is 12.2. The largest absolute Gasteiger partial charge is 0.481 e. The molecule has 0 fully saturated rings. The van der Waals surface area contributed by atoms with Crippen LogP contribution in [0.1, 0.15) is 12.0 Å². The molecule has 1 atom stereocenters. The van der Waals surface area contributed by atoms with Gasteiger partial charge in [0.1, 0.15) is 12.5 Å². The number of rotatable bonds is 11. The lowest BCUT2D eigenvalue weighted by molar-refractivity contribution is -0.146. The van der Waals surface area contributed by atoms with E-state index in [2.05, 4.69) is 16.6 Å². The van der Waals surface area contributed by atoms with Gasteiger partial charge in [-0.3, -0.25) is 9.59 Å². The van der Waals surface area contributed by atoms with Gasteiger partial charge in [0.15, 0.2) is 5.78 Å². The number of benzene rings is 1. The Morgan fingerprint density at radius 2 is 1.89 bits per heavy atom. The average Bonchev–Trinajstić information content (AvgIpc) is 2.63. The molecular formula is C18H24N2O7S. The number of hydrogen-bond acceptors (Lipinski definition) is 6. The summed E-state index contributed by atoms with van der Waals surface area (Å²) in [5, 5.41) is 11.6. The molecular weight excluding hydrogens is 388 g/mol. The first-order valence-corrected chi connectivity index (χ1v) is 9.83. The number of nitrogens with one attached hydrogen (secondary N) is 1. The summed E-state index contributed by atoms with van der Waals surface area (Å²) in [6, 6.07) is 6.08. The van der Waals surface area contributed by atoms with Gasteiger partial charge in [0.25, 0.3) is 0 Å². The third kappa shape index (κ3) is 6.78. The monoisotopic (exact) mass is 412 g/mol. The number of alkyl carbamates (subject to hydrolysis) is 1. The molecule has 0 heterocycles. The molecule has 1 rings (SSSR count). The smallest absolute Gasteiger partial charge is 0.407 e. The molecule has 0 saturated carbocycles. The third-order valence-electron chi connectivity index (χ3n) is 3.83. The van der Waals surface area contributed by atoms with E-state index in [1.165, 1.54) is 25.3 Å². The highest BCUT2D eigenvalue weighted by Gasteiger charge is 2.30. The molecule has 1 unspecified atom stereocenters. The minimum absolute atomic E-state index is 0.00517. The Bertz CT molecular complexity index is 819. The zero-order valence-electron chi connectivity index (χ0n) is 15.8. The van der Waals surface area contributed by atoms with Gasteiger partial charge in [0.05, 0.1) is 11.4 Å². The first-order valence-electron chi connectivity index (χ1n) is 8.39. The molecule has 0 aliphatic carbocycles. The summed E-state index contributed by atoms with van der Waals surface area (Å²) in [7, 11) is -2.73. The van der Waals surface area contributed by atoms with Crippen molar-refractivity contribution in [2.75, 3.05) is 26.7 Å². The number of aryl methyl sites for hydroxylation is 1. The standard InChI is InChI=1S/C18H24N2O7S/c1-4-11-27-18(24)19-10-9-15(17(22)23)16(21)12-20(3)28(25,26)14-7-5-13(2)6-8-14/h4-8,15H,1,9-12H2,2-3H3,(H,19,24)(H,22,23). The van der Waals surface area contributed by atoms with Crippen LogP contribution in [0, 0.1) is 12.8 Å². The summed E-state index contributed by atoms with van der Waals surface area (Å²) >= 11 is 0. The van der Waals surface area contributed by atoms with E-state index in [-0.39, 0.29) is 24.5 Å². The molecule has 1 amide bonds. The number of hydrogen-bond donors (Lipinski definition) is 2. The predicted octanol–water partition coefficient (Wildman–Crippen LogP) is 1.19. The van der Waals surface area contributed by atoms with E-state index in [9.17, 15) is 27.9 Å². The van der Waals surface area contributed by atoms with Gasteiger partial charge in [0, 0.05) is 13.6 Å². The van der Waals surface area contributed by atoms with Crippen LogP contribution in [-0.2, 0) is 24.3 Å². The fourth-order valence-corrected chi connectivity index (χ4v) is 3.37. The highest BCUT2D eigenvalue weighted by Crippen LogP contribution is 2.16. The maximum atomic E-state index is 12.5. The molecule has 10 heteroatoms. The van der Waals surface area contributed by atoms with Crippen molar-refractivity contribution in [2.24, 2.45) is 5.92 Å². The number of carboxylic acids is 1. The number of ether oxygens (including phenoxy) is 1. The van der Waals surface area contributed by atoms with Crippen molar-refractivity contribution in [3.8, 4) is 0 Å². The van der Waals surface area contributed by atoms with E-state index in [0.717, 1.165) is 9.87 Å². The molecule has 0 spiro atoms. The molecule has 0 bridgehead atoms. The number of amides is 1. The maximum Gasteiger partial charge on any atom is 0.407 e. The molecule has 1 aromatic carbocycles. The van der Waals surface area contributed by atoms with Crippen LogP contribution in [0.4, 0.5) is 4.79 Å². The van der Waals surface area contributed by atoms with Crippen molar-refractivity contribution in [1.82, 2.24) is 9.62 Å². The molecule has 0 aliphatic heterocycles. The van der Waals surface area contributed by atoms with Crippen LogP contribution in [-0.4, -0.2) is 62.4 Å². The van der Waals surface area contributed by atoms with Gasteiger partial charge in [-0.1, -0.05) is 30.4 Å². The van der Waals surface area contributed by atoms with Crippen LogP contribution in [0.25, 0.3) is 0 Å². The van der Waals surface area contributed by atoms with Crippen LogP contribution in [0.15, 0.2) is 41.8 Å². The zero-order chi connectivity index (χ0) is 21.3. The molecule has 1 aromatic rings. The molecule has 0 saturated heterocycles. The van der Waals surface area contributed by atoms with Crippen molar-refractivity contribution in [1.29, 1.82) is 0 Å². The second-order valence-electron chi connectivity index (χ2n) is 6.03. The molecule has 154 valence electrons. The third-order valence-corrected chi connectivity index (χ3v) is 5.65. The highest BCUT2D eigenvalue weighted by atomic mass is 32.2. The minimum atomic E-state index is -3.93. The van der Waals surface area contributed by atoms with Gasteiger partial charge in [-0.15, -0.1) is 0 Å². The van der Waals surface area contributed by atoms with E-state index in [1.807, 2.05) is 6.92 Å². The lowest BCUT2D eigenvalue weighted by Crippen LogP contribution is -2.38. The molecule has 0 aliphatic rings. The fraction of sp³-hybridized carbons (Fsp3) is 0.389. The molecule has 0 radical (unpaired) electrons. The summed E-state index contributed by atoms with van der Waals surface area (Å²) in [6.07, 6.45) is 0.402. The van der Waals surface area contributed by atoms with Gasteiger partial charge in [-0.05, 0) is 25.5 Å². The summed E-state index contributed by atoms with van der Waals surface area (Å²) in [6.45, 7) is 4.46. The maximum absolute atomic E-state index is 12.5. The lowest BCUT2D eigenvalue weighted by Gasteiger charge is -2.19. The Morgan fingerprint density at radius 3 is 2.43 bits per heavy atom. The van der Waals surface area contributed by atoms with Gasteiger partial charge in [-0.2, -0.15) is 4.31 Å². The van der Waals surface area contributed by atoms with Gasteiger partial charge in [0.2, 0.25) is 10.0 Å². The minimum Gasteiger partial charge on any atom is -0.481 e. The van der Waals surface area contributed by atoms with Crippen LogP contribution in [0.3, 0.4) is 0 Å². The Labute approximate surface area is 164 Å². The number of sulfonamides is 1. The molecule has 0 aromatic heterocycles. The van der Waals surface area contributed by atoms with Crippen LogP contribution >= 0.6 is 0 Å². The van der Waals surface area contributed by atoms with Crippen molar-refractivity contribution in [3.05, 3.63) is 42.5 Å². The number of likely N-dealkylation sites (N-methyl/N-ethyl adjacent to an activating group) is 1. The van der Waals surface area contributed by atoms with E-state index in [1.54, 1.807) is 12.1 Å². The van der Waals surface area contributed by atoms with Gasteiger partial charge in [-0.25, -0.2) is 13.2 Å². The topological polar surface area (TPSA) is 130 Å². The Morgan fingerprint density at radius 1 is 1.29 bits per heavy atom. The average molecular weight is 412 g/mol. The molecule has 28 heavy (non-hydrogen) atoms. The van der Waals surface area contributed by atoms with Crippen molar-refractivity contribution >= 4 is 27.9 Å². The fourth-order valence-electron chi connectivity index (χ4n) is 2.23. The first-order chi connectivity index (χ1) is 13.1. The number of carbonyl (C=O) groups excluding carboxylic acids is 2. The Hall–Kier alpha value is -2.72. The highest BCUT2D eigenvalue weighted by molar-refractivity contribution is 7.89. The van der Waals surface area contributed by atoms with Crippen molar-refractivity contribution < 1.29 is 32.6 Å². The summed E-state index contributed by atoms with van der Waals surface area (Å²) in [5.74, 6) is -3.64. The van der Waals surface area contributed by atoms with E-state index in [0.29, 0.717) is 0 Å². The van der Waals surface area contributed by atoms with Crippen molar-refractivity contribution in [2.45, 2.75) is 18.2 Å². The number of carboxylic acid groups (broad SMARTS) is 1. The number of ketones is 1.